The van der Waals surface area contributed by atoms with Gasteiger partial charge in [0.1, 0.15) is 11.5 Å². The van der Waals surface area contributed by atoms with Crippen LogP contribution in [-0.2, 0) is 6.54 Å². The lowest BCUT2D eigenvalue weighted by Crippen LogP contribution is -2.24. The molecule has 1 fully saturated rings. The van der Waals surface area contributed by atoms with Gasteiger partial charge in [-0.1, -0.05) is 31.0 Å². The van der Waals surface area contributed by atoms with Crippen LogP contribution in [0, 0.1) is 0 Å². The second-order valence-corrected chi connectivity index (χ2v) is 7.86. The van der Waals surface area contributed by atoms with Crippen LogP contribution < -0.4 is 4.74 Å². The van der Waals surface area contributed by atoms with Crippen molar-refractivity contribution in [3.8, 4) is 11.5 Å². The Balaban J connectivity index is 1.48. The highest BCUT2D eigenvalue weighted by Gasteiger charge is 2.32. The van der Waals surface area contributed by atoms with Crippen LogP contribution in [0.5, 0.6) is 11.5 Å². The molecule has 0 amide bonds. The first-order chi connectivity index (χ1) is 14.2. The van der Waals surface area contributed by atoms with Gasteiger partial charge in [-0.15, -0.1) is 0 Å². The number of nitrogens with zero attached hydrogens (tertiary/aromatic N) is 1. The zero-order chi connectivity index (χ0) is 19.8. The number of hydrogen-bond donors (Lipinski definition) is 2. The van der Waals surface area contributed by atoms with Gasteiger partial charge < -0.3 is 14.8 Å². The lowest BCUT2D eigenvalue weighted by Gasteiger charge is -2.21. The van der Waals surface area contributed by atoms with E-state index >= 15 is 0 Å². The number of likely N-dealkylation sites (tertiary alicyclic amines) is 1. The summed E-state index contributed by atoms with van der Waals surface area (Å²) in [6, 6.07) is 11.2. The summed E-state index contributed by atoms with van der Waals surface area (Å²) >= 11 is 0. The van der Waals surface area contributed by atoms with Gasteiger partial charge in [-0.3, -0.25) is 9.69 Å². The fourth-order valence-electron chi connectivity index (χ4n) is 4.32. The van der Waals surface area contributed by atoms with Crippen LogP contribution in [0.4, 0.5) is 0 Å². The minimum absolute atomic E-state index is 0.137. The Morgan fingerprint density at radius 2 is 1.86 bits per heavy atom. The van der Waals surface area contributed by atoms with Gasteiger partial charge in [0.2, 0.25) is 5.78 Å². The molecule has 29 heavy (non-hydrogen) atoms. The molecule has 2 aromatic carbocycles. The van der Waals surface area contributed by atoms with Crippen molar-refractivity contribution >= 4 is 22.8 Å². The zero-order valence-corrected chi connectivity index (χ0v) is 16.3. The molecule has 1 aromatic heterocycles. The van der Waals surface area contributed by atoms with Gasteiger partial charge in [-0.25, -0.2) is 0 Å². The molecule has 2 aliphatic heterocycles. The Bertz CT molecular complexity index is 1100. The van der Waals surface area contributed by atoms with Crippen LogP contribution in [0.15, 0.2) is 48.4 Å². The molecule has 5 heteroatoms. The van der Waals surface area contributed by atoms with Gasteiger partial charge in [0, 0.05) is 29.2 Å². The molecule has 0 bridgehead atoms. The second kappa shape index (κ2) is 7.41. The molecule has 0 unspecified atom stereocenters. The number of allylic oxidation sites excluding steroid dienone is 1. The molecule has 1 saturated heterocycles. The van der Waals surface area contributed by atoms with Crippen molar-refractivity contribution in [3.05, 3.63) is 65.0 Å². The fourth-order valence-corrected chi connectivity index (χ4v) is 4.32. The van der Waals surface area contributed by atoms with E-state index in [9.17, 15) is 9.90 Å². The Morgan fingerprint density at radius 1 is 1.07 bits per heavy atom. The molecule has 0 saturated carbocycles. The van der Waals surface area contributed by atoms with Crippen LogP contribution in [0.2, 0.25) is 0 Å². The molecule has 2 aliphatic rings. The molecular formula is C24H24N2O3. The Labute approximate surface area is 169 Å². The number of ether oxygens (including phenoxy) is 1. The quantitative estimate of drug-likeness (QED) is 0.629. The van der Waals surface area contributed by atoms with Gasteiger partial charge in [-0.2, -0.15) is 0 Å². The third-order valence-corrected chi connectivity index (χ3v) is 5.90. The topological polar surface area (TPSA) is 65.6 Å². The monoisotopic (exact) mass is 388 g/mol. The molecular weight excluding hydrogens is 364 g/mol. The number of Topliss-reactive ketones (excluding diaryl/α,β-unsaturated/α-hetero) is 1. The van der Waals surface area contributed by atoms with Crippen LogP contribution in [0.1, 0.15) is 47.2 Å². The smallest absolute Gasteiger partial charge is 0.231 e. The SMILES string of the molecule is O=C1/C(=C\c2c[nH]c3ccccc23)Oc2c1ccc(O)c2CN1CCCCCC1. The van der Waals surface area contributed by atoms with Crippen LogP contribution in [0.25, 0.3) is 17.0 Å². The van der Waals surface area contributed by atoms with Crippen molar-refractivity contribution in [2.75, 3.05) is 13.1 Å². The number of benzene rings is 2. The number of para-hydroxylation sites is 1. The fraction of sp³-hybridized carbons (Fsp3) is 0.292. The highest BCUT2D eigenvalue weighted by atomic mass is 16.5. The van der Waals surface area contributed by atoms with E-state index in [-0.39, 0.29) is 11.5 Å². The first kappa shape index (κ1) is 18.0. The van der Waals surface area contributed by atoms with Crippen molar-refractivity contribution in [1.82, 2.24) is 9.88 Å². The molecule has 5 nitrogen and oxygen atoms in total. The standard InChI is InChI=1S/C24H24N2O3/c27-21-10-9-18-23(28)22(13-16-14-25-20-8-4-3-7-17(16)20)29-24(18)19(21)15-26-11-5-1-2-6-12-26/h3-4,7-10,13-14,25,27H,1-2,5-6,11-12,15H2/b22-13+. The number of rotatable bonds is 3. The first-order valence-corrected chi connectivity index (χ1v) is 10.3. The third-order valence-electron chi connectivity index (χ3n) is 5.90. The molecule has 148 valence electrons. The largest absolute Gasteiger partial charge is 0.507 e. The Kier molecular flexibility index (Phi) is 4.60. The highest BCUT2D eigenvalue weighted by molar-refractivity contribution is 6.15. The van der Waals surface area contributed by atoms with E-state index in [1.165, 1.54) is 25.7 Å². The average Bonchev–Trinajstić information content (AvgIpc) is 3.15. The third kappa shape index (κ3) is 3.32. The molecule has 0 spiro atoms. The number of aromatic amines is 1. The second-order valence-electron chi connectivity index (χ2n) is 7.86. The summed E-state index contributed by atoms with van der Waals surface area (Å²) in [6.07, 6.45) is 8.51. The Morgan fingerprint density at radius 3 is 2.69 bits per heavy atom. The number of aromatic hydroxyl groups is 1. The summed E-state index contributed by atoms with van der Waals surface area (Å²) in [6.45, 7) is 2.62. The number of carbonyl (C=O) groups is 1. The van der Waals surface area contributed by atoms with Gasteiger partial charge >= 0.3 is 0 Å². The lowest BCUT2D eigenvalue weighted by molar-refractivity contribution is 0.101. The maximum absolute atomic E-state index is 13.0. The van der Waals surface area contributed by atoms with Crippen molar-refractivity contribution < 1.29 is 14.6 Å². The number of nitrogens with one attached hydrogen (secondary N) is 1. The van der Waals surface area contributed by atoms with E-state index in [2.05, 4.69) is 9.88 Å². The number of phenols is 1. The van der Waals surface area contributed by atoms with Crippen molar-refractivity contribution in [2.24, 2.45) is 0 Å². The summed E-state index contributed by atoms with van der Waals surface area (Å²) in [5.74, 6) is 0.856. The number of carbonyl (C=O) groups excluding carboxylic acids is 1. The molecule has 3 aromatic rings. The lowest BCUT2D eigenvalue weighted by atomic mass is 10.0. The zero-order valence-electron chi connectivity index (χ0n) is 16.3. The molecule has 0 aliphatic carbocycles. The van der Waals surface area contributed by atoms with Crippen LogP contribution in [-0.4, -0.2) is 33.9 Å². The normalized spacial score (nSPS) is 18.8. The summed E-state index contributed by atoms with van der Waals surface area (Å²) in [5.41, 5.74) is 3.16. The van der Waals surface area contributed by atoms with E-state index in [0.29, 0.717) is 29.2 Å². The number of ketones is 1. The van der Waals surface area contributed by atoms with E-state index in [4.69, 9.17) is 4.74 Å². The summed E-state index contributed by atoms with van der Waals surface area (Å²) in [7, 11) is 0. The number of hydrogen-bond acceptors (Lipinski definition) is 4. The number of aromatic nitrogens is 1. The maximum atomic E-state index is 13.0. The molecule has 3 heterocycles. The minimum Gasteiger partial charge on any atom is -0.507 e. The van der Waals surface area contributed by atoms with Gasteiger partial charge in [0.05, 0.1) is 11.1 Å². The first-order valence-electron chi connectivity index (χ1n) is 10.3. The predicted molar refractivity (Wildman–Crippen MR) is 113 cm³/mol. The minimum atomic E-state index is -0.137. The summed E-state index contributed by atoms with van der Waals surface area (Å²) < 4.78 is 6.04. The van der Waals surface area contributed by atoms with Crippen LogP contribution in [0.3, 0.4) is 0 Å². The van der Waals surface area contributed by atoms with Gasteiger partial charge in [0.25, 0.3) is 0 Å². The summed E-state index contributed by atoms with van der Waals surface area (Å²) in [4.78, 5) is 18.5. The van der Waals surface area contributed by atoms with E-state index in [1.54, 1.807) is 18.2 Å². The van der Waals surface area contributed by atoms with Crippen LogP contribution >= 0.6 is 0 Å². The van der Waals surface area contributed by atoms with Gasteiger partial charge in [-0.05, 0) is 50.2 Å². The maximum Gasteiger partial charge on any atom is 0.231 e. The van der Waals surface area contributed by atoms with Crippen molar-refractivity contribution in [3.63, 3.8) is 0 Å². The molecule has 0 atom stereocenters. The molecule has 2 N–H and O–H groups in total. The average molecular weight is 388 g/mol. The molecule has 0 radical (unpaired) electrons. The van der Waals surface area contributed by atoms with Gasteiger partial charge in [0.15, 0.2) is 5.76 Å². The highest BCUT2D eigenvalue weighted by Crippen LogP contribution is 2.40. The van der Waals surface area contributed by atoms with Crippen molar-refractivity contribution in [1.29, 1.82) is 0 Å². The van der Waals surface area contributed by atoms with E-state index in [1.807, 2.05) is 30.5 Å². The Hall–Kier alpha value is -3.05. The number of fused-ring (bicyclic) bond motifs is 2. The number of phenolic OH excluding ortho intramolecular Hbond substituents is 1. The number of H-pyrrole nitrogens is 1. The van der Waals surface area contributed by atoms with E-state index < -0.39 is 0 Å². The summed E-state index contributed by atoms with van der Waals surface area (Å²) in [5, 5.41) is 11.5. The predicted octanol–water partition coefficient (Wildman–Crippen LogP) is 4.87. The molecule has 5 rings (SSSR count). The van der Waals surface area contributed by atoms with Crippen molar-refractivity contribution in [2.45, 2.75) is 32.2 Å². The van der Waals surface area contributed by atoms with E-state index in [0.717, 1.165) is 29.6 Å².